The number of methoxy groups -OCH3 is 2. The first-order valence-corrected chi connectivity index (χ1v) is 10.2. The van der Waals surface area contributed by atoms with Crippen molar-refractivity contribution < 1.29 is 54.4 Å². The van der Waals surface area contributed by atoms with E-state index < -0.39 is 35.4 Å². The normalized spacial score (nSPS) is 16.6. The molecule has 184 valence electrons. The molecule has 1 heterocycles. The van der Waals surface area contributed by atoms with Crippen LogP contribution in [0.5, 0.6) is 51.7 Å². The van der Waals surface area contributed by atoms with Crippen LogP contribution in [0.4, 0.5) is 0 Å². The van der Waals surface area contributed by atoms with E-state index in [9.17, 15) is 35.4 Å². The standard InChI is InChI=1S/C24H22O11/c1-32-18-5-11(6-19(33-2)22(18)30)24(31)35-20-9-13-14(26)7-12(25)8-17(13)34-23(20)10-3-15(27)21(29)16(28)4-10/h3-8,20,23,25-30H,9H2,1-2H3. The molecule has 0 saturated carbocycles. The molecule has 6 N–H and O–H groups in total. The van der Waals surface area contributed by atoms with Crippen LogP contribution in [0, 0.1) is 0 Å². The minimum absolute atomic E-state index is 0.0209. The lowest BCUT2D eigenvalue weighted by atomic mass is 9.93. The maximum Gasteiger partial charge on any atom is 0.338 e. The lowest BCUT2D eigenvalue weighted by molar-refractivity contribution is -0.0189. The van der Waals surface area contributed by atoms with Crippen LogP contribution in [-0.4, -0.2) is 56.9 Å². The van der Waals surface area contributed by atoms with Crippen LogP contribution >= 0.6 is 0 Å². The first kappa shape index (κ1) is 23.5. The summed E-state index contributed by atoms with van der Waals surface area (Å²) in [5, 5.41) is 59.9. The van der Waals surface area contributed by atoms with E-state index >= 15 is 0 Å². The van der Waals surface area contributed by atoms with Gasteiger partial charge in [0.2, 0.25) is 5.75 Å². The lowest BCUT2D eigenvalue weighted by Crippen LogP contribution is -2.34. The number of ether oxygens (including phenoxy) is 4. The largest absolute Gasteiger partial charge is 0.508 e. The summed E-state index contributed by atoms with van der Waals surface area (Å²) in [7, 11) is 2.60. The number of hydrogen-bond acceptors (Lipinski definition) is 11. The zero-order chi connectivity index (χ0) is 25.4. The van der Waals surface area contributed by atoms with Gasteiger partial charge in [-0.3, -0.25) is 0 Å². The van der Waals surface area contributed by atoms with Gasteiger partial charge in [-0.2, -0.15) is 0 Å². The van der Waals surface area contributed by atoms with Crippen molar-refractivity contribution in [2.45, 2.75) is 18.6 Å². The molecule has 1 aliphatic rings. The number of aromatic hydroxyl groups is 6. The number of carbonyl (C=O) groups is 1. The van der Waals surface area contributed by atoms with Crippen molar-refractivity contribution in [3.8, 4) is 51.7 Å². The number of phenolic OH excluding ortho intramolecular Hbond substituents is 6. The second-order valence-electron chi connectivity index (χ2n) is 7.77. The van der Waals surface area contributed by atoms with E-state index in [2.05, 4.69) is 0 Å². The van der Waals surface area contributed by atoms with Gasteiger partial charge in [-0.05, 0) is 24.3 Å². The summed E-state index contributed by atoms with van der Waals surface area (Å²) < 4.78 is 21.7. The highest BCUT2D eigenvalue weighted by molar-refractivity contribution is 5.91. The van der Waals surface area contributed by atoms with Crippen LogP contribution in [-0.2, 0) is 11.2 Å². The van der Waals surface area contributed by atoms with Gasteiger partial charge >= 0.3 is 5.97 Å². The highest BCUT2D eigenvalue weighted by Crippen LogP contribution is 2.46. The molecular weight excluding hydrogens is 464 g/mol. The molecule has 0 saturated heterocycles. The predicted octanol–water partition coefficient (Wildman–Crippen LogP) is 2.84. The zero-order valence-electron chi connectivity index (χ0n) is 18.6. The van der Waals surface area contributed by atoms with Gasteiger partial charge < -0.3 is 49.6 Å². The third-order valence-corrected chi connectivity index (χ3v) is 5.56. The van der Waals surface area contributed by atoms with Crippen LogP contribution < -0.4 is 14.2 Å². The van der Waals surface area contributed by atoms with Gasteiger partial charge in [0, 0.05) is 29.7 Å². The molecular formula is C24H22O11. The van der Waals surface area contributed by atoms with E-state index in [4.69, 9.17) is 18.9 Å². The Bertz CT molecular complexity index is 1250. The summed E-state index contributed by atoms with van der Waals surface area (Å²) in [6.07, 6.45) is -2.28. The Morgan fingerprint density at radius 1 is 0.829 bits per heavy atom. The molecule has 0 aliphatic carbocycles. The molecule has 3 aromatic carbocycles. The number of benzene rings is 3. The van der Waals surface area contributed by atoms with Gasteiger partial charge in [0.05, 0.1) is 19.8 Å². The summed E-state index contributed by atoms with van der Waals surface area (Å²) >= 11 is 0. The summed E-state index contributed by atoms with van der Waals surface area (Å²) in [5.74, 6) is -3.68. The molecule has 11 heteroatoms. The molecule has 2 atom stereocenters. The Labute approximate surface area is 198 Å². The molecule has 4 rings (SSSR count). The van der Waals surface area contributed by atoms with Crippen LogP contribution in [0.1, 0.15) is 27.6 Å². The average molecular weight is 486 g/mol. The molecule has 0 amide bonds. The van der Waals surface area contributed by atoms with Gasteiger partial charge in [0.15, 0.2) is 34.9 Å². The molecule has 2 unspecified atom stereocenters. The van der Waals surface area contributed by atoms with Crippen molar-refractivity contribution in [3.05, 3.63) is 53.1 Å². The fraction of sp³-hybridized carbons (Fsp3) is 0.208. The van der Waals surface area contributed by atoms with E-state index in [1.807, 2.05) is 0 Å². The highest BCUT2D eigenvalue weighted by Gasteiger charge is 2.37. The SMILES string of the molecule is COc1cc(C(=O)OC2Cc3c(O)cc(O)cc3OC2c2cc(O)c(O)c(O)c2)cc(OC)c1O. The Morgan fingerprint density at radius 3 is 2.00 bits per heavy atom. The molecule has 0 radical (unpaired) electrons. The van der Waals surface area contributed by atoms with E-state index in [0.29, 0.717) is 0 Å². The maximum atomic E-state index is 13.1. The van der Waals surface area contributed by atoms with Crippen molar-refractivity contribution in [2.24, 2.45) is 0 Å². The van der Waals surface area contributed by atoms with Crippen LogP contribution in [0.15, 0.2) is 36.4 Å². The Morgan fingerprint density at radius 2 is 1.43 bits per heavy atom. The van der Waals surface area contributed by atoms with Crippen molar-refractivity contribution in [2.75, 3.05) is 14.2 Å². The smallest absolute Gasteiger partial charge is 0.338 e. The summed E-state index contributed by atoms with van der Waals surface area (Å²) in [4.78, 5) is 13.1. The zero-order valence-corrected chi connectivity index (χ0v) is 18.6. The fourth-order valence-corrected chi connectivity index (χ4v) is 3.84. The second kappa shape index (κ2) is 8.93. The van der Waals surface area contributed by atoms with E-state index in [0.717, 1.165) is 18.2 Å². The fourth-order valence-electron chi connectivity index (χ4n) is 3.84. The number of carbonyl (C=O) groups excluding carboxylic acids is 1. The quantitative estimate of drug-likeness (QED) is 0.231. The van der Waals surface area contributed by atoms with E-state index in [1.165, 1.54) is 32.4 Å². The summed E-state index contributed by atoms with van der Waals surface area (Å²) in [6.45, 7) is 0. The highest BCUT2D eigenvalue weighted by atomic mass is 16.6. The molecule has 11 nitrogen and oxygen atoms in total. The minimum atomic E-state index is -1.12. The monoisotopic (exact) mass is 486 g/mol. The minimum Gasteiger partial charge on any atom is -0.508 e. The van der Waals surface area contributed by atoms with Gasteiger partial charge in [-0.15, -0.1) is 0 Å². The van der Waals surface area contributed by atoms with Crippen molar-refractivity contribution in [3.63, 3.8) is 0 Å². The summed E-state index contributed by atoms with van der Waals surface area (Å²) in [6, 6.07) is 7.12. The van der Waals surface area contributed by atoms with E-state index in [-0.39, 0.29) is 57.6 Å². The van der Waals surface area contributed by atoms with Crippen molar-refractivity contribution >= 4 is 5.97 Å². The number of rotatable bonds is 5. The van der Waals surface area contributed by atoms with Gasteiger partial charge in [0.1, 0.15) is 23.4 Å². The Balaban J connectivity index is 1.75. The Kier molecular flexibility index (Phi) is 6.00. The number of hydrogen-bond donors (Lipinski definition) is 6. The molecule has 35 heavy (non-hydrogen) atoms. The number of fused-ring (bicyclic) bond motifs is 1. The topological polar surface area (TPSA) is 175 Å². The Hall–Kier alpha value is -4.67. The van der Waals surface area contributed by atoms with Crippen molar-refractivity contribution in [1.82, 2.24) is 0 Å². The van der Waals surface area contributed by atoms with Gasteiger partial charge in [-0.25, -0.2) is 4.79 Å². The lowest BCUT2D eigenvalue weighted by Gasteiger charge is -2.34. The van der Waals surface area contributed by atoms with Crippen molar-refractivity contribution in [1.29, 1.82) is 0 Å². The third kappa shape index (κ3) is 4.31. The molecule has 1 aliphatic heterocycles. The first-order chi connectivity index (χ1) is 16.6. The average Bonchev–Trinajstić information content (AvgIpc) is 2.82. The molecule has 0 bridgehead atoms. The van der Waals surface area contributed by atoms with Crippen LogP contribution in [0.25, 0.3) is 0 Å². The molecule has 0 spiro atoms. The summed E-state index contributed by atoms with van der Waals surface area (Å²) in [5.41, 5.74) is 0.377. The van der Waals surface area contributed by atoms with Crippen LogP contribution in [0.2, 0.25) is 0 Å². The predicted molar refractivity (Wildman–Crippen MR) is 119 cm³/mol. The molecule has 0 aromatic heterocycles. The number of phenols is 6. The van der Waals surface area contributed by atoms with Gasteiger partial charge in [-0.1, -0.05) is 0 Å². The van der Waals surface area contributed by atoms with Crippen LogP contribution in [0.3, 0.4) is 0 Å². The first-order valence-electron chi connectivity index (χ1n) is 10.2. The third-order valence-electron chi connectivity index (χ3n) is 5.56. The van der Waals surface area contributed by atoms with Gasteiger partial charge in [0.25, 0.3) is 0 Å². The second-order valence-corrected chi connectivity index (χ2v) is 7.77. The maximum absolute atomic E-state index is 13.1. The number of esters is 1. The molecule has 0 fully saturated rings. The molecule has 3 aromatic rings. The van der Waals surface area contributed by atoms with E-state index in [1.54, 1.807) is 0 Å².